The molecule has 5 heteroatoms. The summed E-state index contributed by atoms with van der Waals surface area (Å²) in [6.45, 7) is 2.65. The lowest BCUT2D eigenvalue weighted by molar-refractivity contribution is 0.240. The van der Waals surface area contributed by atoms with Gasteiger partial charge in [-0.3, -0.25) is 4.90 Å². The van der Waals surface area contributed by atoms with Gasteiger partial charge in [0.05, 0.1) is 5.69 Å². The van der Waals surface area contributed by atoms with E-state index in [-0.39, 0.29) is 5.82 Å². The molecule has 96 valence electrons. The maximum atomic E-state index is 10.4. The molecule has 0 radical (unpaired) electrons. The zero-order valence-corrected chi connectivity index (χ0v) is 10.5. The van der Waals surface area contributed by atoms with E-state index in [2.05, 4.69) is 44.5 Å². The molecule has 19 heavy (non-hydrogen) atoms. The Morgan fingerprint density at radius 3 is 2.84 bits per heavy atom. The molecule has 0 bridgehead atoms. The number of hydrogen-bond acceptors (Lipinski definition) is 5. The highest BCUT2D eigenvalue weighted by Crippen LogP contribution is 2.21. The number of benzene rings is 1. The number of fused-ring (bicyclic) bond motifs is 1. The Hall–Kier alpha value is -2.14. The van der Waals surface area contributed by atoms with E-state index in [1.807, 2.05) is 6.07 Å². The Morgan fingerprint density at radius 2 is 2.05 bits per heavy atom. The molecule has 0 spiro atoms. The molecule has 0 unspecified atom stereocenters. The van der Waals surface area contributed by atoms with Crippen LogP contribution in [0.2, 0.25) is 0 Å². The average molecular weight is 254 g/mol. The first-order valence-electron chi connectivity index (χ1n) is 6.30. The Morgan fingerprint density at radius 1 is 1.21 bits per heavy atom. The Bertz CT molecular complexity index is 585. The van der Waals surface area contributed by atoms with E-state index in [1.54, 1.807) is 6.07 Å². The second-order valence-corrected chi connectivity index (χ2v) is 4.71. The molecule has 0 atom stereocenters. The Kier molecular flexibility index (Phi) is 3.29. The van der Waals surface area contributed by atoms with Gasteiger partial charge in [-0.2, -0.15) is 5.10 Å². The summed E-state index contributed by atoms with van der Waals surface area (Å²) >= 11 is 0. The van der Waals surface area contributed by atoms with E-state index in [0.717, 1.165) is 37.3 Å². The summed E-state index contributed by atoms with van der Waals surface area (Å²) in [5, 5.41) is 10.7. The second-order valence-electron chi connectivity index (χ2n) is 4.71. The van der Waals surface area contributed by atoms with Crippen LogP contribution in [0.25, 0.3) is 0 Å². The first-order chi connectivity index (χ1) is 9.35. The van der Waals surface area contributed by atoms with E-state index in [0.29, 0.717) is 0 Å². The van der Waals surface area contributed by atoms with Crippen molar-refractivity contribution in [3.63, 3.8) is 0 Å². The molecule has 1 aromatic carbocycles. The van der Waals surface area contributed by atoms with Crippen LogP contribution in [0, 0.1) is 4.91 Å². The van der Waals surface area contributed by atoms with Gasteiger partial charge in [-0.25, -0.2) is 0 Å². The third-order valence-corrected chi connectivity index (χ3v) is 3.36. The van der Waals surface area contributed by atoms with Crippen molar-refractivity contribution in [2.24, 2.45) is 5.18 Å². The van der Waals surface area contributed by atoms with Gasteiger partial charge in [-0.1, -0.05) is 30.3 Å². The van der Waals surface area contributed by atoms with E-state index >= 15 is 0 Å². The molecular formula is C14H14N4O. The Labute approximate surface area is 111 Å². The first-order valence-corrected chi connectivity index (χ1v) is 6.30. The smallest absolute Gasteiger partial charge is 0.218 e. The summed E-state index contributed by atoms with van der Waals surface area (Å²) in [4.78, 5) is 12.8. The topological polar surface area (TPSA) is 58.5 Å². The molecule has 1 aliphatic heterocycles. The third kappa shape index (κ3) is 2.66. The van der Waals surface area contributed by atoms with Gasteiger partial charge >= 0.3 is 0 Å². The van der Waals surface area contributed by atoms with Crippen LogP contribution in [0.1, 0.15) is 16.8 Å². The fourth-order valence-electron chi connectivity index (χ4n) is 2.38. The molecular weight excluding hydrogens is 240 g/mol. The van der Waals surface area contributed by atoms with Crippen molar-refractivity contribution in [1.82, 2.24) is 15.1 Å². The number of nitroso groups, excluding NO2 is 1. The zero-order valence-electron chi connectivity index (χ0n) is 10.5. The predicted octanol–water partition coefficient (Wildman–Crippen LogP) is 2.43. The van der Waals surface area contributed by atoms with Gasteiger partial charge in [0.25, 0.3) is 0 Å². The van der Waals surface area contributed by atoms with Crippen molar-refractivity contribution >= 4 is 5.82 Å². The van der Waals surface area contributed by atoms with Crippen LogP contribution in [0.3, 0.4) is 0 Å². The second kappa shape index (κ2) is 5.24. The van der Waals surface area contributed by atoms with E-state index < -0.39 is 0 Å². The zero-order chi connectivity index (χ0) is 13.1. The lowest BCUT2D eigenvalue weighted by Crippen LogP contribution is -2.30. The van der Waals surface area contributed by atoms with Crippen molar-refractivity contribution in [2.75, 3.05) is 6.54 Å². The Balaban J connectivity index is 1.74. The number of nitrogens with zero attached hydrogens (tertiary/aromatic N) is 4. The quantitative estimate of drug-likeness (QED) is 0.789. The molecule has 0 saturated heterocycles. The molecule has 0 N–H and O–H groups in total. The maximum Gasteiger partial charge on any atom is 0.218 e. The van der Waals surface area contributed by atoms with Crippen LogP contribution < -0.4 is 0 Å². The molecule has 5 nitrogen and oxygen atoms in total. The van der Waals surface area contributed by atoms with Gasteiger partial charge in [0.1, 0.15) is 0 Å². The van der Waals surface area contributed by atoms with Crippen LogP contribution in [-0.2, 0) is 19.5 Å². The molecule has 3 rings (SSSR count). The monoisotopic (exact) mass is 254 g/mol. The minimum Gasteiger partial charge on any atom is -0.293 e. The van der Waals surface area contributed by atoms with E-state index in [1.165, 1.54) is 5.56 Å². The molecule has 0 saturated carbocycles. The van der Waals surface area contributed by atoms with Gasteiger partial charge < -0.3 is 0 Å². The van der Waals surface area contributed by atoms with E-state index in [9.17, 15) is 4.91 Å². The standard InChI is InChI=1S/C14H14N4O/c19-17-14-8-12-6-7-18(10-13(12)15-16-14)9-11-4-2-1-3-5-11/h1-5,8H,6-7,9-10H2. The summed E-state index contributed by atoms with van der Waals surface area (Å²) in [6, 6.07) is 12.1. The van der Waals surface area contributed by atoms with Crippen LogP contribution in [-0.4, -0.2) is 21.6 Å². The summed E-state index contributed by atoms with van der Waals surface area (Å²) in [5.74, 6) is 0.176. The average Bonchev–Trinajstić information content (AvgIpc) is 2.48. The highest BCUT2D eigenvalue weighted by atomic mass is 16.3. The molecule has 0 aliphatic carbocycles. The van der Waals surface area contributed by atoms with Crippen molar-refractivity contribution < 1.29 is 0 Å². The molecule has 0 fully saturated rings. The fraction of sp³-hybridized carbons (Fsp3) is 0.286. The molecule has 1 aromatic heterocycles. The molecule has 1 aliphatic rings. The molecule has 2 heterocycles. The van der Waals surface area contributed by atoms with Gasteiger partial charge in [0.2, 0.25) is 5.82 Å². The highest BCUT2D eigenvalue weighted by Gasteiger charge is 2.18. The third-order valence-electron chi connectivity index (χ3n) is 3.36. The number of aromatic nitrogens is 2. The molecule has 0 amide bonds. The van der Waals surface area contributed by atoms with E-state index in [4.69, 9.17) is 0 Å². The van der Waals surface area contributed by atoms with Crippen LogP contribution in [0.5, 0.6) is 0 Å². The van der Waals surface area contributed by atoms with Crippen molar-refractivity contribution in [1.29, 1.82) is 0 Å². The van der Waals surface area contributed by atoms with Crippen LogP contribution in [0.15, 0.2) is 41.6 Å². The minimum absolute atomic E-state index is 0.176. The summed E-state index contributed by atoms with van der Waals surface area (Å²) < 4.78 is 0. The maximum absolute atomic E-state index is 10.4. The van der Waals surface area contributed by atoms with Gasteiger partial charge in [-0.05, 0) is 28.8 Å². The van der Waals surface area contributed by atoms with Gasteiger partial charge in [0.15, 0.2) is 0 Å². The van der Waals surface area contributed by atoms with Crippen LogP contribution in [0.4, 0.5) is 5.82 Å². The molecule has 2 aromatic rings. The van der Waals surface area contributed by atoms with Crippen molar-refractivity contribution in [3.05, 3.63) is 58.1 Å². The number of rotatable bonds is 3. The number of hydrogen-bond donors (Lipinski definition) is 0. The highest BCUT2D eigenvalue weighted by molar-refractivity contribution is 5.34. The summed E-state index contributed by atoms with van der Waals surface area (Å²) in [7, 11) is 0. The summed E-state index contributed by atoms with van der Waals surface area (Å²) in [5.41, 5.74) is 3.34. The lowest BCUT2D eigenvalue weighted by Gasteiger charge is -2.27. The van der Waals surface area contributed by atoms with Crippen molar-refractivity contribution in [2.45, 2.75) is 19.5 Å². The minimum atomic E-state index is 0.176. The summed E-state index contributed by atoms with van der Waals surface area (Å²) in [6.07, 6.45) is 0.889. The first kappa shape index (κ1) is 11.9. The van der Waals surface area contributed by atoms with Gasteiger partial charge in [-0.15, -0.1) is 10.0 Å². The van der Waals surface area contributed by atoms with Crippen LogP contribution >= 0.6 is 0 Å². The van der Waals surface area contributed by atoms with Gasteiger partial charge in [0, 0.05) is 19.6 Å². The SMILES string of the molecule is O=Nc1cc2c(nn1)CN(Cc1ccccc1)CC2. The largest absolute Gasteiger partial charge is 0.293 e. The van der Waals surface area contributed by atoms with Crippen molar-refractivity contribution in [3.8, 4) is 0 Å². The lowest BCUT2D eigenvalue weighted by atomic mass is 10.1. The fourth-order valence-corrected chi connectivity index (χ4v) is 2.38. The predicted molar refractivity (Wildman–Crippen MR) is 71.7 cm³/mol. The normalized spacial score (nSPS) is 14.9.